The van der Waals surface area contributed by atoms with Gasteiger partial charge < -0.3 is 5.32 Å². The van der Waals surface area contributed by atoms with Crippen LogP contribution in [-0.4, -0.2) is 26.8 Å². The van der Waals surface area contributed by atoms with Crippen molar-refractivity contribution in [3.8, 4) is 0 Å². The maximum Gasteiger partial charge on any atom is 0.243 e. The quantitative estimate of drug-likeness (QED) is 0.783. The Hall–Kier alpha value is -1.98. The van der Waals surface area contributed by atoms with Crippen LogP contribution in [0.15, 0.2) is 24.3 Å². The van der Waals surface area contributed by atoms with Crippen molar-refractivity contribution in [3.63, 3.8) is 0 Å². The first-order valence-corrected chi connectivity index (χ1v) is 5.12. The average Bonchev–Trinajstić information content (AvgIpc) is 2.78. The lowest BCUT2D eigenvalue weighted by atomic mass is 10.0. The summed E-state index contributed by atoms with van der Waals surface area (Å²) in [4.78, 5) is 0. The number of aromatic nitrogens is 4. The fourth-order valence-corrected chi connectivity index (χ4v) is 1.96. The molecule has 1 aromatic heterocycles. The molecule has 82 valence electrons. The van der Waals surface area contributed by atoms with Crippen LogP contribution in [0.5, 0.6) is 0 Å². The van der Waals surface area contributed by atoms with Gasteiger partial charge in [-0.1, -0.05) is 17.2 Å². The zero-order valence-corrected chi connectivity index (χ0v) is 8.47. The Labute approximate surface area is 91.3 Å². The van der Waals surface area contributed by atoms with E-state index in [4.69, 9.17) is 0 Å². The topological polar surface area (TPSA) is 55.6 Å². The third kappa shape index (κ3) is 1.42. The third-order valence-electron chi connectivity index (χ3n) is 2.74. The zero-order valence-electron chi connectivity index (χ0n) is 8.47. The molecule has 1 aromatic carbocycles. The van der Waals surface area contributed by atoms with Crippen molar-refractivity contribution in [3.05, 3.63) is 35.6 Å². The van der Waals surface area contributed by atoms with E-state index in [0.717, 1.165) is 18.5 Å². The highest BCUT2D eigenvalue weighted by Crippen LogP contribution is 2.26. The molecule has 1 N–H and O–H groups in total. The van der Waals surface area contributed by atoms with Gasteiger partial charge in [-0.3, -0.25) is 0 Å². The second-order valence-corrected chi connectivity index (χ2v) is 3.73. The standard InChI is InChI=1S/C10H10FN5/c11-8-3-1-7(2-4-8)9-5-6-12-10-13-14-15-16(9)10/h1-4,9H,5-6H2,(H,12,13,15). The van der Waals surface area contributed by atoms with E-state index in [0.29, 0.717) is 5.95 Å². The Kier molecular flexibility index (Phi) is 2.05. The second kappa shape index (κ2) is 3.55. The van der Waals surface area contributed by atoms with E-state index in [-0.39, 0.29) is 11.9 Å². The van der Waals surface area contributed by atoms with Crippen LogP contribution in [0.25, 0.3) is 0 Å². The minimum absolute atomic E-state index is 0.0897. The highest BCUT2D eigenvalue weighted by molar-refractivity contribution is 5.30. The molecular formula is C10H10FN5. The van der Waals surface area contributed by atoms with Crippen LogP contribution in [-0.2, 0) is 0 Å². The van der Waals surface area contributed by atoms with Crippen molar-refractivity contribution in [2.45, 2.75) is 12.5 Å². The maximum absolute atomic E-state index is 12.8. The molecule has 0 aliphatic carbocycles. The summed E-state index contributed by atoms with van der Waals surface area (Å²) in [5.74, 6) is 0.440. The molecule has 1 atom stereocenters. The zero-order chi connectivity index (χ0) is 11.0. The number of nitrogens with one attached hydrogen (secondary N) is 1. The third-order valence-corrected chi connectivity index (χ3v) is 2.74. The highest BCUT2D eigenvalue weighted by atomic mass is 19.1. The molecule has 5 nitrogen and oxygen atoms in total. The van der Waals surface area contributed by atoms with Crippen molar-refractivity contribution >= 4 is 5.95 Å². The van der Waals surface area contributed by atoms with Gasteiger partial charge in [0.15, 0.2) is 0 Å². The first-order chi connectivity index (χ1) is 7.84. The second-order valence-electron chi connectivity index (χ2n) is 3.73. The normalized spacial score (nSPS) is 18.9. The molecule has 2 heterocycles. The van der Waals surface area contributed by atoms with Gasteiger partial charge in [0.1, 0.15) is 5.82 Å². The lowest BCUT2D eigenvalue weighted by Gasteiger charge is -2.23. The van der Waals surface area contributed by atoms with Crippen LogP contribution < -0.4 is 5.32 Å². The van der Waals surface area contributed by atoms with Crippen LogP contribution in [0.2, 0.25) is 0 Å². The van der Waals surface area contributed by atoms with E-state index in [9.17, 15) is 4.39 Å². The minimum Gasteiger partial charge on any atom is -0.353 e. The van der Waals surface area contributed by atoms with Gasteiger partial charge >= 0.3 is 0 Å². The number of rotatable bonds is 1. The molecule has 0 amide bonds. The number of halogens is 1. The molecule has 0 saturated heterocycles. The number of fused-ring (bicyclic) bond motifs is 1. The summed E-state index contributed by atoms with van der Waals surface area (Å²) in [6.07, 6.45) is 0.893. The molecule has 3 rings (SSSR count). The van der Waals surface area contributed by atoms with Gasteiger partial charge in [-0.15, -0.1) is 0 Å². The number of nitrogens with zero attached hydrogens (tertiary/aromatic N) is 4. The van der Waals surface area contributed by atoms with Gasteiger partial charge in [0.25, 0.3) is 0 Å². The molecule has 0 radical (unpaired) electrons. The molecule has 6 heteroatoms. The number of tetrazole rings is 1. The van der Waals surface area contributed by atoms with Crippen molar-refractivity contribution in [2.24, 2.45) is 0 Å². The SMILES string of the molecule is Fc1ccc(C2CCNc3nnnn32)cc1. The van der Waals surface area contributed by atoms with E-state index in [2.05, 4.69) is 20.8 Å². The van der Waals surface area contributed by atoms with E-state index in [1.54, 1.807) is 16.8 Å². The molecule has 1 unspecified atom stereocenters. The van der Waals surface area contributed by atoms with E-state index in [1.807, 2.05) is 0 Å². The van der Waals surface area contributed by atoms with E-state index >= 15 is 0 Å². The first-order valence-electron chi connectivity index (χ1n) is 5.12. The van der Waals surface area contributed by atoms with Gasteiger partial charge in [0, 0.05) is 6.54 Å². The number of hydrogen-bond acceptors (Lipinski definition) is 4. The minimum atomic E-state index is -0.227. The molecule has 2 aromatic rings. The van der Waals surface area contributed by atoms with Crippen LogP contribution in [0.3, 0.4) is 0 Å². The van der Waals surface area contributed by atoms with Crippen molar-refractivity contribution < 1.29 is 4.39 Å². The smallest absolute Gasteiger partial charge is 0.243 e. The van der Waals surface area contributed by atoms with E-state index in [1.165, 1.54) is 12.1 Å². The summed E-state index contributed by atoms with van der Waals surface area (Å²) in [7, 11) is 0. The summed E-state index contributed by atoms with van der Waals surface area (Å²) in [6.45, 7) is 0.822. The molecule has 0 fully saturated rings. The molecule has 0 spiro atoms. The molecule has 1 aliphatic heterocycles. The van der Waals surface area contributed by atoms with Crippen LogP contribution >= 0.6 is 0 Å². The van der Waals surface area contributed by atoms with Gasteiger partial charge in [-0.05, 0) is 34.5 Å². The number of hydrogen-bond donors (Lipinski definition) is 1. The molecule has 1 aliphatic rings. The van der Waals surface area contributed by atoms with Crippen molar-refractivity contribution in [1.29, 1.82) is 0 Å². The molecular weight excluding hydrogens is 209 g/mol. The van der Waals surface area contributed by atoms with Crippen LogP contribution in [0, 0.1) is 5.82 Å². The Morgan fingerprint density at radius 2 is 2.12 bits per heavy atom. The Bertz CT molecular complexity index is 492. The highest BCUT2D eigenvalue weighted by Gasteiger charge is 2.23. The van der Waals surface area contributed by atoms with E-state index < -0.39 is 0 Å². The Morgan fingerprint density at radius 3 is 2.94 bits per heavy atom. The predicted molar refractivity (Wildman–Crippen MR) is 55.5 cm³/mol. The lowest BCUT2D eigenvalue weighted by Crippen LogP contribution is -2.24. The maximum atomic E-state index is 12.8. The molecule has 0 saturated carbocycles. The summed E-state index contributed by atoms with van der Waals surface area (Å²) < 4.78 is 14.6. The van der Waals surface area contributed by atoms with Crippen molar-refractivity contribution in [2.75, 3.05) is 11.9 Å². The number of benzene rings is 1. The largest absolute Gasteiger partial charge is 0.353 e. The van der Waals surface area contributed by atoms with Gasteiger partial charge in [0.05, 0.1) is 6.04 Å². The van der Waals surface area contributed by atoms with Crippen LogP contribution in [0.4, 0.5) is 10.3 Å². The average molecular weight is 219 g/mol. The predicted octanol–water partition coefficient (Wildman–Crippen LogP) is 1.22. The molecule has 0 bridgehead atoms. The number of anilines is 1. The summed E-state index contributed by atoms with van der Waals surface area (Å²) in [6, 6.07) is 6.56. The van der Waals surface area contributed by atoms with Crippen LogP contribution in [0.1, 0.15) is 18.0 Å². The monoisotopic (exact) mass is 219 g/mol. The fraction of sp³-hybridized carbons (Fsp3) is 0.300. The van der Waals surface area contributed by atoms with Gasteiger partial charge in [-0.25, -0.2) is 9.07 Å². The summed E-state index contributed by atoms with van der Waals surface area (Å²) in [5.41, 5.74) is 1.02. The van der Waals surface area contributed by atoms with Crippen molar-refractivity contribution in [1.82, 2.24) is 20.2 Å². The van der Waals surface area contributed by atoms with Gasteiger partial charge in [0.2, 0.25) is 5.95 Å². The summed E-state index contributed by atoms with van der Waals surface area (Å²) >= 11 is 0. The summed E-state index contributed by atoms with van der Waals surface area (Å²) in [5, 5.41) is 14.5. The lowest BCUT2D eigenvalue weighted by molar-refractivity contribution is 0.468. The first kappa shape index (κ1) is 9.26. The van der Waals surface area contributed by atoms with Gasteiger partial charge in [-0.2, -0.15) is 0 Å². The fourth-order valence-electron chi connectivity index (χ4n) is 1.96. The Balaban J connectivity index is 2.00. The molecule has 16 heavy (non-hydrogen) atoms. The Morgan fingerprint density at radius 1 is 1.31 bits per heavy atom.